The van der Waals surface area contributed by atoms with Crippen molar-refractivity contribution in [1.82, 2.24) is 14.5 Å². The number of fused-ring (bicyclic) bond motifs is 1. The topological polar surface area (TPSA) is 90.5 Å². The molecular weight excluding hydrogens is 360 g/mol. The number of nitro groups is 1. The number of hydrogen-bond acceptors (Lipinski definition) is 6. The first-order valence-corrected chi connectivity index (χ1v) is 9.18. The van der Waals surface area contributed by atoms with Gasteiger partial charge in [0.05, 0.1) is 29.3 Å². The molecule has 3 aromatic rings. The Labute approximate surface area is 161 Å². The number of rotatable bonds is 5. The van der Waals surface area contributed by atoms with E-state index in [0.717, 1.165) is 18.7 Å². The van der Waals surface area contributed by atoms with Gasteiger partial charge in [-0.3, -0.25) is 19.6 Å². The highest BCUT2D eigenvalue weighted by Crippen LogP contribution is 2.28. The van der Waals surface area contributed by atoms with Crippen molar-refractivity contribution < 1.29 is 9.66 Å². The van der Waals surface area contributed by atoms with Crippen molar-refractivity contribution in [2.45, 2.75) is 6.54 Å². The maximum atomic E-state index is 12.8. The van der Waals surface area contributed by atoms with Gasteiger partial charge in [0.15, 0.2) is 0 Å². The third-order valence-corrected chi connectivity index (χ3v) is 4.97. The molecule has 1 saturated heterocycles. The maximum absolute atomic E-state index is 12.8. The summed E-state index contributed by atoms with van der Waals surface area (Å²) in [6.07, 6.45) is 0. The van der Waals surface area contributed by atoms with Crippen molar-refractivity contribution in [3.8, 4) is 11.3 Å². The Morgan fingerprint density at radius 1 is 1.07 bits per heavy atom. The minimum absolute atomic E-state index is 0.0233. The van der Waals surface area contributed by atoms with Crippen LogP contribution < -0.4 is 5.69 Å². The second-order valence-electron chi connectivity index (χ2n) is 6.67. The fourth-order valence-corrected chi connectivity index (χ4v) is 3.48. The van der Waals surface area contributed by atoms with Crippen LogP contribution in [0.5, 0.6) is 0 Å². The van der Waals surface area contributed by atoms with Crippen molar-refractivity contribution in [3.63, 3.8) is 0 Å². The van der Waals surface area contributed by atoms with E-state index in [-0.39, 0.29) is 11.4 Å². The Morgan fingerprint density at radius 3 is 2.54 bits per heavy atom. The molecule has 8 heteroatoms. The van der Waals surface area contributed by atoms with Gasteiger partial charge in [0.25, 0.3) is 5.69 Å². The number of non-ortho nitro benzene ring substituents is 1. The molecule has 0 atom stereocenters. The van der Waals surface area contributed by atoms with Crippen molar-refractivity contribution in [2.24, 2.45) is 0 Å². The zero-order valence-corrected chi connectivity index (χ0v) is 15.3. The zero-order chi connectivity index (χ0) is 19.5. The number of hydrogen-bond donors (Lipinski definition) is 0. The maximum Gasteiger partial charge on any atom is 0.348 e. The molecule has 28 heavy (non-hydrogen) atoms. The summed E-state index contributed by atoms with van der Waals surface area (Å²) in [6, 6.07) is 13.8. The highest BCUT2D eigenvalue weighted by molar-refractivity contribution is 5.93. The standard InChI is InChI=1S/C20H20N4O4/c25-20-21-19(15-4-2-1-3-5-15)17-14-16(24(26)27)6-7-18(17)23(20)9-8-22-10-12-28-13-11-22/h1-7,14H,8-13H2. The number of morpholine rings is 1. The Hall–Kier alpha value is -3.10. The number of nitro benzene ring substituents is 1. The molecule has 0 spiro atoms. The highest BCUT2D eigenvalue weighted by Gasteiger charge is 2.17. The van der Waals surface area contributed by atoms with Gasteiger partial charge in [-0.05, 0) is 6.07 Å². The second kappa shape index (κ2) is 7.87. The number of aromatic nitrogens is 2. The smallest absolute Gasteiger partial charge is 0.348 e. The van der Waals surface area contributed by atoms with Gasteiger partial charge in [0, 0.05) is 49.3 Å². The van der Waals surface area contributed by atoms with Crippen LogP contribution in [0, 0.1) is 10.1 Å². The monoisotopic (exact) mass is 380 g/mol. The van der Waals surface area contributed by atoms with E-state index in [4.69, 9.17) is 4.74 Å². The van der Waals surface area contributed by atoms with Crippen LogP contribution >= 0.6 is 0 Å². The first-order chi connectivity index (χ1) is 13.6. The van der Waals surface area contributed by atoms with Gasteiger partial charge in [0.2, 0.25) is 0 Å². The largest absolute Gasteiger partial charge is 0.379 e. The highest BCUT2D eigenvalue weighted by atomic mass is 16.6. The van der Waals surface area contributed by atoms with Crippen molar-refractivity contribution in [1.29, 1.82) is 0 Å². The number of nitrogens with zero attached hydrogens (tertiary/aromatic N) is 4. The number of ether oxygens (including phenoxy) is 1. The fraction of sp³-hybridized carbons (Fsp3) is 0.300. The Bertz CT molecular complexity index is 1060. The van der Waals surface area contributed by atoms with Gasteiger partial charge in [-0.25, -0.2) is 4.79 Å². The lowest BCUT2D eigenvalue weighted by atomic mass is 10.1. The molecule has 0 amide bonds. The molecule has 0 saturated carbocycles. The molecule has 8 nitrogen and oxygen atoms in total. The molecule has 0 bridgehead atoms. The van der Waals surface area contributed by atoms with Crippen molar-refractivity contribution >= 4 is 16.6 Å². The predicted octanol–water partition coefficient (Wildman–Crippen LogP) is 2.30. The molecular formula is C20H20N4O4. The average molecular weight is 380 g/mol. The van der Waals surface area contributed by atoms with Crippen molar-refractivity contribution in [2.75, 3.05) is 32.8 Å². The summed E-state index contributed by atoms with van der Waals surface area (Å²) in [6.45, 7) is 4.19. The van der Waals surface area contributed by atoms with Crippen LogP contribution in [0.15, 0.2) is 53.3 Å². The molecule has 2 heterocycles. The lowest BCUT2D eigenvalue weighted by Gasteiger charge is -2.26. The normalized spacial score (nSPS) is 15.0. The van der Waals surface area contributed by atoms with E-state index in [1.165, 1.54) is 12.1 Å². The predicted molar refractivity (Wildman–Crippen MR) is 105 cm³/mol. The van der Waals surface area contributed by atoms with Crippen LogP contribution in [0.4, 0.5) is 5.69 Å². The minimum atomic E-state index is -0.433. The quantitative estimate of drug-likeness (QED) is 0.498. The lowest BCUT2D eigenvalue weighted by molar-refractivity contribution is -0.384. The molecule has 2 aromatic carbocycles. The molecule has 0 aliphatic carbocycles. The second-order valence-corrected chi connectivity index (χ2v) is 6.67. The molecule has 1 aliphatic rings. The Morgan fingerprint density at radius 2 is 1.82 bits per heavy atom. The van der Waals surface area contributed by atoms with E-state index >= 15 is 0 Å². The molecule has 1 fully saturated rings. The summed E-state index contributed by atoms with van der Waals surface area (Å²) in [4.78, 5) is 30.1. The van der Waals surface area contributed by atoms with Gasteiger partial charge in [-0.2, -0.15) is 4.98 Å². The number of benzene rings is 2. The SMILES string of the molecule is O=c1nc(-c2ccccc2)c2cc([N+](=O)[O-])ccc2n1CCN1CCOCC1. The van der Waals surface area contributed by atoms with Crippen LogP contribution in [-0.2, 0) is 11.3 Å². The molecule has 144 valence electrons. The van der Waals surface area contributed by atoms with Gasteiger partial charge in [-0.15, -0.1) is 0 Å². The summed E-state index contributed by atoms with van der Waals surface area (Å²) in [5, 5.41) is 11.9. The fourth-order valence-electron chi connectivity index (χ4n) is 3.48. The molecule has 1 aliphatic heterocycles. The first-order valence-electron chi connectivity index (χ1n) is 9.18. The summed E-state index contributed by atoms with van der Waals surface area (Å²) in [5.74, 6) is 0. The first kappa shape index (κ1) is 18.3. The molecule has 0 radical (unpaired) electrons. The third-order valence-electron chi connectivity index (χ3n) is 4.97. The Balaban J connectivity index is 1.81. The van der Waals surface area contributed by atoms with Crippen LogP contribution in [0.25, 0.3) is 22.2 Å². The minimum Gasteiger partial charge on any atom is -0.379 e. The summed E-state index contributed by atoms with van der Waals surface area (Å²) in [5.41, 5.74) is 1.49. The van der Waals surface area contributed by atoms with Gasteiger partial charge in [0.1, 0.15) is 0 Å². The van der Waals surface area contributed by atoms with E-state index in [0.29, 0.717) is 42.9 Å². The van der Waals surface area contributed by atoms with Crippen LogP contribution in [0.3, 0.4) is 0 Å². The molecule has 0 unspecified atom stereocenters. The van der Waals surface area contributed by atoms with Gasteiger partial charge in [-0.1, -0.05) is 30.3 Å². The summed E-state index contributed by atoms with van der Waals surface area (Å²) in [7, 11) is 0. The zero-order valence-electron chi connectivity index (χ0n) is 15.3. The van der Waals surface area contributed by atoms with E-state index < -0.39 is 4.92 Å². The van der Waals surface area contributed by atoms with Crippen LogP contribution in [-0.4, -0.2) is 52.2 Å². The molecule has 1 aromatic heterocycles. The summed E-state index contributed by atoms with van der Waals surface area (Å²) < 4.78 is 6.96. The van der Waals surface area contributed by atoms with Crippen LogP contribution in [0.1, 0.15) is 0 Å². The van der Waals surface area contributed by atoms with E-state index in [9.17, 15) is 14.9 Å². The van der Waals surface area contributed by atoms with E-state index in [2.05, 4.69) is 9.88 Å². The average Bonchev–Trinajstić information content (AvgIpc) is 2.73. The van der Waals surface area contributed by atoms with Gasteiger partial charge < -0.3 is 4.74 Å². The van der Waals surface area contributed by atoms with Crippen molar-refractivity contribution in [3.05, 3.63) is 69.1 Å². The lowest BCUT2D eigenvalue weighted by Crippen LogP contribution is -2.39. The van der Waals surface area contributed by atoms with E-state index in [1.807, 2.05) is 30.3 Å². The molecule has 0 N–H and O–H groups in total. The van der Waals surface area contributed by atoms with Crippen LogP contribution in [0.2, 0.25) is 0 Å². The third kappa shape index (κ3) is 3.64. The molecule has 4 rings (SSSR count). The van der Waals surface area contributed by atoms with E-state index in [1.54, 1.807) is 10.6 Å². The van der Waals surface area contributed by atoms with Gasteiger partial charge >= 0.3 is 5.69 Å². The Kier molecular flexibility index (Phi) is 5.14. The summed E-state index contributed by atoms with van der Waals surface area (Å²) >= 11 is 0.